The molecule has 1 aliphatic rings. The van der Waals surface area contributed by atoms with Crippen LogP contribution in [-0.2, 0) is 17.8 Å². The number of benzene rings is 1. The van der Waals surface area contributed by atoms with E-state index in [1.165, 1.54) is 5.56 Å². The zero-order chi connectivity index (χ0) is 19.1. The van der Waals surface area contributed by atoms with Crippen molar-refractivity contribution >= 4 is 5.96 Å². The summed E-state index contributed by atoms with van der Waals surface area (Å²) < 4.78 is 13.5. The minimum Gasteiger partial charge on any atom is -0.488 e. The molecule has 0 radical (unpaired) electrons. The third-order valence-electron chi connectivity index (χ3n) is 4.47. The molecular weight excluding hydrogens is 342 g/mol. The molecular formula is C20H29N5O2. The Balaban J connectivity index is 1.52. The van der Waals surface area contributed by atoms with Gasteiger partial charge in [-0.2, -0.15) is 5.10 Å². The van der Waals surface area contributed by atoms with E-state index in [0.717, 1.165) is 49.0 Å². The summed E-state index contributed by atoms with van der Waals surface area (Å²) in [4.78, 5) is 4.29. The van der Waals surface area contributed by atoms with Gasteiger partial charge in [-0.25, -0.2) is 0 Å². The van der Waals surface area contributed by atoms with E-state index in [2.05, 4.69) is 45.8 Å². The van der Waals surface area contributed by atoms with Crippen LogP contribution in [0.15, 0.2) is 35.6 Å². The van der Waals surface area contributed by atoms with Crippen molar-refractivity contribution < 1.29 is 9.47 Å². The van der Waals surface area contributed by atoms with Crippen molar-refractivity contribution in [3.05, 3.63) is 47.3 Å². The number of aromatic nitrogens is 2. The fourth-order valence-electron chi connectivity index (χ4n) is 2.98. The second kappa shape index (κ2) is 9.41. The normalized spacial score (nSPS) is 17.1. The molecule has 1 aliphatic heterocycles. The Hall–Kier alpha value is -2.54. The molecule has 0 saturated carbocycles. The second-order valence-electron chi connectivity index (χ2n) is 6.85. The summed E-state index contributed by atoms with van der Waals surface area (Å²) in [6, 6.07) is 6.30. The number of nitrogens with one attached hydrogen (secondary N) is 2. The standard InChI is InChI=1S/C20H29N5O2/c1-15-4-5-17(19(10-15)27-18-6-9-26-14-18)12-23-20(21-3)22-7-8-25-13-16(2)11-24-25/h4-5,10-11,13,18H,6-9,12,14H2,1-3H3,(H2,21,22,23). The number of guanidine groups is 1. The maximum absolute atomic E-state index is 6.16. The van der Waals surface area contributed by atoms with E-state index in [0.29, 0.717) is 13.2 Å². The van der Waals surface area contributed by atoms with E-state index in [1.54, 1.807) is 7.05 Å². The molecule has 2 N–H and O–H groups in total. The van der Waals surface area contributed by atoms with Gasteiger partial charge in [0.15, 0.2) is 5.96 Å². The topological polar surface area (TPSA) is 72.7 Å². The first-order valence-corrected chi connectivity index (χ1v) is 9.41. The van der Waals surface area contributed by atoms with Gasteiger partial charge in [0.1, 0.15) is 11.9 Å². The lowest BCUT2D eigenvalue weighted by molar-refractivity contribution is 0.140. The number of aliphatic imine (C=N–C) groups is 1. The van der Waals surface area contributed by atoms with E-state index < -0.39 is 0 Å². The highest BCUT2D eigenvalue weighted by Gasteiger charge is 2.18. The van der Waals surface area contributed by atoms with Crippen molar-refractivity contribution in [3.8, 4) is 5.75 Å². The van der Waals surface area contributed by atoms with Crippen LogP contribution in [0.2, 0.25) is 0 Å². The molecule has 0 aliphatic carbocycles. The molecule has 2 heterocycles. The van der Waals surface area contributed by atoms with Gasteiger partial charge in [0.05, 0.1) is 26.0 Å². The van der Waals surface area contributed by atoms with Crippen molar-refractivity contribution in [3.63, 3.8) is 0 Å². The van der Waals surface area contributed by atoms with Gasteiger partial charge in [0, 0.05) is 38.3 Å². The number of ether oxygens (including phenoxy) is 2. The molecule has 0 spiro atoms. The van der Waals surface area contributed by atoms with Crippen LogP contribution in [0.4, 0.5) is 0 Å². The number of nitrogens with zero attached hydrogens (tertiary/aromatic N) is 3. The summed E-state index contributed by atoms with van der Waals surface area (Å²) in [5.41, 5.74) is 3.46. The van der Waals surface area contributed by atoms with Crippen LogP contribution in [0.3, 0.4) is 0 Å². The predicted molar refractivity (Wildman–Crippen MR) is 106 cm³/mol. The SMILES string of the molecule is CN=C(NCCn1cc(C)cn1)NCc1ccc(C)cc1OC1CCOC1. The Kier molecular flexibility index (Phi) is 6.70. The monoisotopic (exact) mass is 371 g/mol. The van der Waals surface area contributed by atoms with E-state index >= 15 is 0 Å². The van der Waals surface area contributed by atoms with Crippen molar-refractivity contribution in [2.75, 3.05) is 26.8 Å². The van der Waals surface area contributed by atoms with Crippen molar-refractivity contribution in [2.45, 2.75) is 39.5 Å². The van der Waals surface area contributed by atoms with Crippen LogP contribution < -0.4 is 15.4 Å². The zero-order valence-electron chi connectivity index (χ0n) is 16.4. The van der Waals surface area contributed by atoms with E-state index in [1.807, 2.05) is 24.0 Å². The lowest BCUT2D eigenvalue weighted by Crippen LogP contribution is -2.38. The third kappa shape index (κ3) is 5.72. The van der Waals surface area contributed by atoms with E-state index in [-0.39, 0.29) is 6.10 Å². The molecule has 0 amide bonds. The molecule has 146 valence electrons. The molecule has 3 rings (SSSR count). The Bertz CT molecular complexity index is 765. The van der Waals surface area contributed by atoms with E-state index in [9.17, 15) is 0 Å². The van der Waals surface area contributed by atoms with Gasteiger partial charge >= 0.3 is 0 Å². The minimum absolute atomic E-state index is 0.139. The van der Waals surface area contributed by atoms with Gasteiger partial charge in [-0.3, -0.25) is 9.67 Å². The molecule has 0 bridgehead atoms. The molecule has 1 unspecified atom stereocenters. The molecule has 1 saturated heterocycles. The summed E-state index contributed by atoms with van der Waals surface area (Å²) in [5, 5.41) is 11.0. The van der Waals surface area contributed by atoms with Gasteiger partial charge in [0.2, 0.25) is 0 Å². The molecule has 1 atom stereocenters. The molecule has 1 fully saturated rings. The van der Waals surface area contributed by atoms with Crippen LogP contribution in [0.25, 0.3) is 0 Å². The second-order valence-corrected chi connectivity index (χ2v) is 6.85. The van der Waals surface area contributed by atoms with Gasteiger partial charge in [-0.1, -0.05) is 12.1 Å². The highest BCUT2D eigenvalue weighted by atomic mass is 16.5. The highest BCUT2D eigenvalue weighted by molar-refractivity contribution is 5.79. The smallest absolute Gasteiger partial charge is 0.191 e. The largest absolute Gasteiger partial charge is 0.488 e. The van der Waals surface area contributed by atoms with Crippen LogP contribution >= 0.6 is 0 Å². The van der Waals surface area contributed by atoms with Gasteiger partial charge in [0.25, 0.3) is 0 Å². The Morgan fingerprint density at radius 3 is 2.93 bits per heavy atom. The lowest BCUT2D eigenvalue weighted by atomic mass is 10.1. The predicted octanol–water partition coefficient (Wildman–Crippen LogP) is 2.03. The maximum atomic E-state index is 6.16. The van der Waals surface area contributed by atoms with Crippen LogP contribution in [0.5, 0.6) is 5.75 Å². The van der Waals surface area contributed by atoms with E-state index in [4.69, 9.17) is 9.47 Å². The third-order valence-corrected chi connectivity index (χ3v) is 4.47. The maximum Gasteiger partial charge on any atom is 0.191 e. The molecule has 7 nitrogen and oxygen atoms in total. The average molecular weight is 371 g/mol. The fourth-order valence-corrected chi connectivity index (χ4v) is 2.98. The Morgan fingerprint density at radius 1 is 1.33 bits per heavy atom. The first-order valence-electron chi connectivity index (χ1n) is 9.41. The van der Waals surface area contributed by atoms with Gasteiger partial charge < -0.3 is 20.1 Å². The average Bonchev–Trinajstić information content (AvgIpc) is 3.31. The summed E-state index contributed by atoms with van der Waals surface area (Å²) in [6.45, 7) is 7.73. The molecule has 1 aromatic heterocycles. The van der Waals surface area contributed by atoms with Crippen LogP contribution in [-0.4, -0.2) is 48.7 Å². The van der Waals surface area contributed by atoms with Gasteiger partial charge in [-0.15, -0.1) is 0 Å². The first-order chi connectivity index (χ1) is 13.1. The van der Waals surface area contributed by atoms with Crippen molar-refractivity contribution in [1.29, 1.82) is 0 Å². The van der Waals surface area contributed by atoms with Crippen LogP contribution in [0.1, 0.15) is 23.1 Å². The minimum atomic E-state index is 0.139. The van der Waals surface area contributed by atoms with Crippen molar-refractivity contribution in [2.24, 2.45) is 4.99 Å². The number of rotatable bonds is 7. The number of aryl methyl sites for hydroxylation is 2. The molecule has 7 heteroatoms. The fraction of sp³-hybridized carbons (Fsp3) is 0.500. The molecule has 2 aromatic rings. The van der Waals surface area contributed by atoms with Crippen molar-refractivity contribution in [1.82, 2.24) is 20.4 Å². The first kappa shape index (κ1) is 19.2. The summed E-state index contributed by atoms with van der Waals surface area (Å²) in [5.74, 6) is 1.68. The Morgan fingerprint density at radius 2 is 2.22 bits per heavy atom. The zero-order valence-corrected chi connectivity index (χ0v) is 16.4. The number of hydrogen-bond donors (Lipinski definition) is 2. The number of hydrogen-bond acceptors (Lipinski definition) is 4. The lowest BCUT2D eigenvalue weighted by Gasteiger charge is -2.18. The quantitative estimate of drug-likeness (QED) is 0.576. The Labute approximate surface area is 160 Å². The molecule has 27 heavy (non-hydrogen) atoms. The summed E-state index contributed by atoms with van der Waals surface area (Å²) in [7, 11) is 1.77. The van der Waals surface area contributed by atoms with Gasteiger partial charge in [-0.05, 0) is 31.0 Å². The summed E-state index contributed by atoms with van der Waals surface area (Å²) in [6.07, 6.45) is 4.97. The molecule has 1 aromatic carbocycles. The highest BCUT2D eigenvalue weighted by Crippen LogP contribution is 2.23. The van der Waals surface area contributed by atoms with Crippen LogP contribution in [0, 0.1) is 13.8 Å². The summed E-state index contributed by atoms with van der Waals surface area (Å²) >= 11 is 0.